The second-order valence-corrected chi connectivity index (χ2v) is 5.63. The van der Waals surface area contributed by atoms with E-state index in [4.69, 9.17) is 9.47 Å². The topological polar surface area (TPSA) is 42.0 Å². The van der Waals surface area contributed by atoms with Crippen molar-refractivity contribution in [2.75, 3.05) is 44.8 Å². The summed E-state index contributed by atoms with van der Waals surface area (Å²) in [4.78, 5) is 16.6. The SMILES string of the molecule is C=CCO[C@@H](C)C(=O)N1CCCN(c2ccc(OC)cc2)CC1. The Morgan fingerprint density at radius 3 is 2.65 bits per heavy atom. The molecule has 1 aromatic carbocycles. The van der Waals surface area contributed by atoms with Gasteiger partial charge in [-0.3, -0.25) is 4.79 Å². The molecule has 126 valence electrons. The third-order valence-corrected chi connectivity index (χ3v) is 4.06. The van der Waals surface area contributed by atoms with Crippen LogP contribution in [0.15, 0.2) is 36.9 Å². The Labute approximate surface area is 138 Å². The van der Waals surface area contributed by atoms with E-state index in [0.717, 1.165) is 37.5 Å². The van der Waals surface area contributed by atoms with Crippen LogP contribution in [-0.2, 0) is 9.53 Å². The summed E-state index contributed by atoms with van der Waals surface area (Å²) in [6, 6.07) is 8.06. The third-order valence-electron chi connectivity index (χ3n) is 4.06. The minimum absolute atomic E-state index is 0.0587. The van der Waals surface area contributed by atoms with Crippen molar-refractivity contribution in [3.8, 4) is 5.75 Å². The van der Waals surface area contributed by atoms with Gasteiger partial charge in [0, 0.05) is 31.9 Å². The molecule has 0 aromatic heterocycles. The van der Waals surface area contributed by atoms with Crippen LogP contribution in [0.4, 0.5) is 5.69 Å². The van der Waals surface area contributed by atoms with E-state index in [1.165, 1.54) is 0 Å². The molecule has 23 heavy (non-hydrogen) atoms. The van der Waals surface area contributed by atoms with Crippen LogP contribution < -0.4 is 9.64 Å². The maximum Gasteiger partial charge on any atom is 0.251 e. The van der Waals surface area contributed by atoms with Crippen molar-refractivity contribution < 1.29 is 14.3 Å². The summed E-state index contributed by atoms with van der Waals surface area (Å²) < 4.78 is 10.6. The van der Waals surface area contributed by atoms with Gasteiger partial charge in [-0.1, -0.05) is 6.08 Å². The van der Waals surface area contributed by atoms with E-state index in [0.29, 0.717) is 13.2 Å². The molecule has 0 saturated carbocycles. The number of anilines is 1. The highest BCUT2D eigenvalue weighted by atomic mass is 16.5. The van der Waals surface area contributed by atoms with Gasteiger partial charge in [0.25, 0.3) is 5.91 Å². The molecule has 1 aliphatic heterocycles. The Balaban J connectivity index is 1.93. The van der Waals surface area contributed by atoms with Gasteiger partial charge in [0.15, 0.2) is 0 Å². The number of benzene rings is 1. The number of amides is 1. The van der Waals surface area contributed by atoms with Gasteiger partial charge in [0.1, 0.15) is 11.9 Å². The van der Waals surface area contributed by atoms with E-state index in [-0.39, 0.29) is 5.91 Å². The summed E-state index contributed by atoms with van der Waals surface area (Å²) in [5, 5.41) is 0. The van der Waals surface area contributed by atoms with Gasteiger partial charge in [-0.25, -0.2) is 0 Å². The van der Waals surface area contributed by atoms with Gasteiger partial charge in [-0.15, -0.1) is 6.58 Å². The summed E-state index contributed by atoms with van der Waals surface area (Å²) in [7, 11) is 1.67. The summed E-state index contributed by atoms with van der Waals surface area (Å²) in [6.45, 7) is 9.07. The van der Waals surface area contributed by atoms with Gasteiger partial charge < -0.3 is 19.3 Å². The Kier molecular flexibility index (Phi) is 6.47. The van der Waals surface area contributed by atoms with Crippen LogP contribution in [0.2, 0.25) is 0 Å². The van der Waals surface area contributed by atoms with Crippen LogP contribution in [0.5, 0.6) is 5.75 Å². The predicted octanol–water partition coefficient (Wildman–Crippen LogP) is 2.33. The highest BCUT2D eigenvalue weighted by Gasteiger charge is 2.23. The number of carbonyl (C=O) groups is 1. The van der Waals surface area contributed by atoms with Crippen molar-refractivity contribution in [3.63, 3.8) is 0 Å². The largest absolute Gasteiger partial charge is 0.497 e. The Bertz CT molecular complexity index is 516. The van der Waals surface area contributed by atoms with Crippen LogP contribution >= 0.6 is 0 Å². The van der Waals surface area contributed by atoms with Crippen molar-refractivity contribution in [3.05, 3.63) is 36.9 Å². The molecule has 1 amide bonds. The van der Waals surface area contributed by atoms with E-state index in [2.05, 4.69) is 23.6 Å². The number of methoxy groups -OCH3 is 1. The first-order valence-electron chi connectivity index (χ1n) is 8.06. The molecule has 0 aliphatic carbocycles. The zero-order valence-corrected chi connectivity index (χ0v) is 14.0. The van der Waals surface area contributed by atoms with E-state index in [1.807, 2.05) is 17.0 Å². The molecule has 1 fully saturated rings. The van der Waals surface area contributed by atoms with Crippen molar-refractivity contribution in [1.82, 2.24) is 4.90 Å². The average Bonchev–Trinajstić information content (AvgIpc) is 2.85. The number of hydrogen-bond acceptors (Lipinski definition) is 4. The Hall–Kier alpha value is -2.01. The van der Waals surface area contributed by atoms with E-state index in [1.54, 1.807) is 20.1 Å². The van der Waals surface area contributed by atoms with Crippen molar-refractivity contribution in [2.45, 2.75) is 19.4 Å². The summed E-state index contributed by atoms with van der Waals surface area (Å²) in [5.41, 5.74) is 1.16. The van der Waals surface area contributed by atoms with Crippen LogP contribution in [0.3, 0.4) is 0 Å². The fourth-order valence-electron chi connectivity index (χ4n) is 2.73. The molecule has 1 saturated heterocycles. The number of carbonyl (C=O) groups excluding carboxylic acids is 1. The molecule has 0 N–H and O–H groups in total. The molecule has 2 rings (SSSR count). The summed E-state index contributed by atoms with van der Waals surface area (Å²) >= 11 is 0. The predicted molar refractivity (Wildman–Crippen MR) is 92.0 cm³/mol. The normalized spacial score (nSPS) is 16.6. The smallest absolute Gasteiger partial charge is 0.251 e. The molecule has 1 heterocycles. The quantitative estimate of drug-likeness (QED) is 0.755. The molecule has 0 bridgehead atoms. The maximum absolute atomic E-state index is 12.4. The first-order chi connectivity index (χ1) is 11.2. The minimum atomic E-state index is -0.416. The lowest BCUT2D eigenvalue weighted by Gasteiger charge is -2.25. The van der Waals surface area contributed by atoms with E-state index >= 15 is 0 Å². The Morgan fingerprint density at radius 2 is 2.00 bits per heavy atom. The number of hydrogen-bond donors (Lipinski definition) is 0. The zero-order valence-electron chi connectivity index (χ0n) is 14.0. The molecule has 0 spiro atoms. The minimum Gasteiger partial charge on any atom is -0.497 e. The number of rotatable bonds is 6. The molecule has 0 unspecified atom stereocenters. The fourth-order valence-corrected chi connectivity index (χ4v) is 2.73. The lowest BCUT2D eigenvalue weighted by molar-refractivity contribution is -0.141. The van der Waals surface area contributed by atoms with Crippen molar-refractivity contribution in [2.24, 2.45) is 0 Å². The zero-order chi connectivity index (χ0) is 16.7. The van der Waals surface area contributed by atoms with Crippen LogP contribution in [-0.4, -0.2) is 56.8 Å². The molecular weight excluding hydrogens is 292 g/mol. The lowest BCUT2D eigenvalue weighted by atomic mass is 10.2. The van der Waals surface area contributed by atoms with Crippen LogP contribution in [0, 0.1) is 0 Å². The van der Waals surface area contributed by atoms with E-state index < -0.39 is 6.10 Å². The van der Waals surface area contributed by atoms with Crippen molar-refractivity contribution >= 4 is 11.6 Å². The number of ether oxygens (including phenoxy) is 2. The molecule has 1 atom stereocenters. The monoisotopic (exact) mass is 318 g/mol. The van der Waals surface area contributed by atoms with Crippen LogP contribution in [0.1, 0.15) is 13.3 Å². The lowest BCUT2D eigenvalue weighted by Crippen LogP contribution is -2.41. The molecule has 1 aliphatic rings. The maximum atomic E-state index is 12.4. The first kappa shape index (κ1) is 17.3. The number of nitrogens with zero attached hydrogens (tertiary/aromatic N) is 2. The Morgan fingerprint density at radius 1 is 1.26 bits per heavy atom. The van der Waals surface area contributed by atoms with Gasteiger partial charge in [0.05, 0.1) is 13.7 Å². The second-order valence-electron chi connectivity index (χ2n) is 5.63. The van der Waals surface area contributed by atoms with Gasteiger partial charge in [-0.2, -0.15) is 0 Å². The highest BCUT2D eigenvalue weighted by Crippen LogP contribution is 2.20. The van der Waals surface area contributed by atoms with Gasteiger partial charge in [-0.05, 0) is 37.6 Å². The second kappa shape index (κ2) is 8.58. The third kappa shape index (κ3) is 4.73. The van der Waals surface area contributed by atoms with Crippen LogP contribution in [0.25, 0.3) is 0 Å². The summed E-state index contributed by atoms with van der Waals surface area (Å²) in [6.07, 6.45) is 2.20. The summed E-state index contributed by atoms with van der Waals surface area (Å²) in [5.74, 6) is 0.914. The molecule has 5 nitrogen and oxygen atoms in total. The standard InChI is InChI=1S/C18H26N2O3/c1-4-14-23-15(2)18(21)20-11-5-10-19(12-13-20)16-6-8-17(22-3)9-7-16/h4,6-9,15H,1,5,10-14H2,2-3H3/t15-/m0/s1. The molecule has 1 aromatic rings. The fraction of sp³-hybridized carbons (Fsp3) is 0.500. The molecular formula is C18H26N2O3. The van der Waals surface area contributed by atoms with E-state index in [9.17, 15) is 4.79 Å². The average molecular weight is 318 g/mol. The first-order valence-corrected chi connectivity index (χ1v) is 8.06. The highest BCUT2D eigenvalue weighted by molar-refractivity contribution is 5.80. The van der Waals surface area contributed by atoms with Crippen molar-refractivity contribution in [1.29, 1.82) is 0 Å². The molecule has 0 radical (unpaired) electrons. The van der Waals surface area contributed by atoms with Gasteiger partial charge in [0.2, 0.25) is 0 Å². The molecule has 5 heteroatoms. The van der Waals surface area contributed by atoms with Gasteiger partial charge >= 0.3 is 0 Å².